The Balaban J connectivity index is 1.57. The van der Waals surface area contributed by atoms with Gasteiger partial charge in [0.2, 0.25) is 5.90 Å². The molecule has 0 bridgehead atoms. The molecule has 0 aliphatic carbocycles. The first-order chi connectivity index (χ1) is 19.9. The highest BCUT2D eigenvalue weighted by atomic mass is 19.1. The molecule has 214 valence electrons. The lowest BCUT2D eigenvalue weighted by molar-refractivity contribution is -0.129. The quantitative estimate of drug-likeness (QED) is 0.0881. The van der Waals surface area contributed by atoms with Gasteiger partial charge in [0, 0.05) is 36.5 Å². The first-order valence-corrected chi connectivity index (χ1v) is 13.4. The molecule has 0 saturated heterocycles. The first kappa shape index (κ1) is 29.5. The number of hydrazine groups is 1. The summed E-state index contributed by atoms with van der Waals surface area (Å²) in [6, 6.07) is 20.9. The molecule has 0 spiro atoms. The average molecular weight is 561 g/mol. The zero-order valence-electron chi connectivity index (χ0n) is 22.8. The van der Waals surface area contributed by atoms with Gasteiger partial charge in [-0.05, 0) is 72.0 Å². The van der Waals surface area contributed by atoms with Crippen LogP contribution in [-0.4, -0.2) is 48.3 Å². The second-order valence-corrected chi connectivity index (χ2v) is 9.65. The van der Waals surface area contributed by atoms with Gasteiger partial charge in [-0.3, -0.25) is 10.2 Å². The lowest BCUT2D eigenvalue weighted by atomic mass is 9.84. The highest BCUT2D eigenvalue weighted by Crippen LogP contribution is 2.33. The lowest BCUT2D eigenvalue weighted by Gasteiger charge is -2.29. The molecular weight excluding hydrogens is 527 g/mol. The molecule has 0 unspecified atom stereocenters. The van der Waals surface area contributed by atoms with E-state index in [0.717, 1.165) is 16.7 Å². The van der Waals surface area contributed by atoms with Crippen molar-refractivity contribution >= 4 is 11.8 Å². The molecular formula is C30H33FN6O4. The molecule has 10 nitrogen and oxygen atoms in total. The molecule has 2 atom stereocenters. The van der Waals surface area contributed by atoms with Crippen LogP contribution in [0.3, 0.4) is 0 Å². The summed E-state index contributed by atoms with van der Waals surface area (Å²) in [6.07, 6.45) is 0.613. The molecule has 41 heavy (non-hydrogen) atoms. The number of hydrogen-bond acceptors (Lipinski definition) is 7. The molecule has 11 heteroatoms. The number of nitrogens with one attached hydrogen (secondary N) is 2. The first-order valence-electron chi connectivity index (χ1n) is 13.4. The van der Waals surface area contributed by atoms with Crippen LogP contribution in [0.4, 0.5) is 4.39 Å². The minimum absolute atomic E-state index is 0.0520. The number of carbonyl (C=O) groups excluding carboxylic acids is 1. The van der Waals surface area contributed by atoms with Crippen LogP contribution in [0, 0.1) is 5.82 Å². The van der Waals surface area contributed by atoms with E-state index in [4.69, 9.17) is 25.1 Å². The Bertz CT molecular complexity index is 1410. The largest absolute Gasteiger partial charge is 0.494 e. The molecule has 1 aliphatic heterocycles. The van der Waals surface area contributed by atoms with Gasteiger partial charge in [0.1, 0.15) is 17.7 Å². The van der Waals surface area contributed by atoms with E-state index in [9.17, 15) is 9.18 Å². The highest BCUT2D eigenvalue weighted by molar-refractivity contribution is 6.00. The number of hydrogen-bond donors (Lipinski definition) is 3. The van der Waals surface area contributed by atoms with Gasteiger partial charge in [-0.1, -0.05) is 41.5 Å². The minimum Gasteiger partial charge on any atom is -0.494 e. The molecule has 0 fully saturated rings. The van der Waals surface area contributed by atoms with Crippen LogP contribution in [0.2, 0.25) is 0 Å². The topological polar surface area (TPSA) is 141 Å². The maximum absolute atomic E-state index is 13.8. The van der Waals surface area contributed by atoms with Crippen molar-refractivity contribution in [2.24, 2.45) is 10.1 Å². The number of halogens is 1. The molecule has 3 aromatic carbocycles. The number of rotatable bonds is 14. The normalized spacial score (nSPS) is 17.7. The van der Waals surface area contributed by atoms with E-state index in [0.29, 0.717) is 43.2 Å². The fraction of sp³-hybridized carbons (Fsp3) is 0.333. The van der Waals surface area contributed by atoms with Crippen molar-refractivity contribution in [3.05, 3.63) is 111 Å². The van der Waals surface area contributed by atoms with Gasteiger partial charge in [0.25, 0.3) is 5.91 Å². The number of amides is 1. The SMILES string of the molecule is C[C@@H]1OC(c2ccc(OCCCO)cc2)=N[C@]1(Cc1ccccc1CN=[N+]=[N-])C(=O)NNCCc1cccc(F)c1. The zero-order chi connectivity index (χ0) is 29.1. The summed E-state index contributed by atoms with van der Waals surface area (Å²) >= 11 is 0. The standard InChI is InChI=1S/C30H33FN6O4/c1-21-30(19-24-7-2-3-8-25(24)20-34-37-32,29(39)36-33-15-14-22-6-4-9-26(31)18-22)35-28(41-21)23-10-12-27(13-11-23)40-17-5-16-38/h2-4,6-13,18,21,33,38H,5,14-17,19-20H2,1H3,(H,36,39)/t21-,30-/m0/s1. The molecule has 1 heterocycles. The fourth-order valence-corrected chi connectivity index (χ4v) is 4.58. The number of benzene rings is 3. The van der Waals surface area contributed by atoms with E-state index < -0.39 is 11.6 Å². The summed E-state index contributed by atoms with van der Waals surface area (Å²) in [6.45, 7) is 2.76. The fourth-order valence-electron chi connectivity index (χ4n) is 4.58. The molecule has 4 rings (SSSR count). The highest BCUT2D eigenvalue weighted by Gasteiger charge is 2.50. The van der Waals surface area contributed by atoms with E-state index in [-0.39, 0.29) is 31.3 Å². The average Bonchev–Trinajstić information content (AvgIpc) is 3.32. The number of aliphatic imine (C=N–C) groups is 1. The molecule has 1 aliphatic rings. The summed E-state index contributed by atoms with van der Waals surface area (Å²) in [7, 11) is 0. The van der Waals surface area contributed by atoms with E-state index in [2.05, 4.69) is 20.9 Å². The monoisotopic (exact) mass is 560 g/mol. The van der Waals surface area contributed by atoms with Crippen molar-refractivity contribution in [3.63, 3.8) is 0 Å². The van der Waals surface area contributed by atoms with Gasteiger partial charge >= 0.3 is 0 Å². The van der Waals surface area contributed by atoms with Gasteiger partial charge < -0.3 is 14.6 Å². The number of aliphatic hydroxyl groups is 1. The molecule has 0 aromatic heterocycles. The van der Waals surface area contributed by atoms with Gasteiger partial charge in [-0.15, -0.1) is 0 Å². The number of nitrogens with zero attached hydrogens (tertiary/aromatic N) is 4. The van der Waals surface area contributed by atoms with Crippen LogP contribution in [0.5, 0.6) is 5.75 Å². The summed E-state index contributed by atoms with van der Waals surface area (Å²) < 4.78 is 25.3. The van der Waals surface area contributed by atoms with Gasteiger partial charge in [0.05, 0.1) is 13.2 Å². The maximum atomic E-state index is 13.8. The summed E-state index contributed by atoms with van der Waals surface area (Å²) in [5, 5.41) is 12.7. The van der Waals surface area contributed by atoms with Crippen molar-refractivity contribution in [3.8, 4) is 5.75 Å². The van der Waals surface area contributed by atoms with Crippen LogP contribution in [0.25, 0.3) is 10.4 Å². The Morgan fingerprint density at radius 2 is 1.95 bits per heavy atom. The third kappa shape index (κ3) is 7.61. The van der Waals surface area contributed by atoms with E-state index in [1.807, 2.05) is 30.3 Å². The third-order valence-corrected chi connectivity index (χ3v) is 6.84. The van der Waals surface area contributed by atoms with Crippen molar-refractivity contribution in [1.29, 1.82) is 0 Å². The Morgan fingerprint density at radius 3 is 2.68 bits per heavy atom. The van der Waals surface area contributed by atoms with E-state index >= 15 is 0 Å². The van der Waals surface area contributed by atoms with Crippen LogP contribution < -0.4 is 15.6 Å². The molecule has 0 radical (unpaired) electrons. The minimum atomic E-state index is -1.33. The summed E-state index contributed by atoms with van der Waals surface area (Å²) in [5.74, 6) is 0.268. The smallest absolute Gasteiger partial charge is 0.266 e. The second kappa shape index (κ2) is 14.3. The van der Waals surface area contributed by atoms with Crippen LogP contribution in [0.1, 0.15) is 35.6 Å². The Hall–Kier alpha value is -4.44. The Morgan fingerprint density at radius 1 is 1.17 bits per heavy atom. The lowest BCUT2D eigenvalue weighted by Crippen LogP contribution is -2.56. The van der Waals surface area contributed by atoms with Crippen molar-refractivity contribution in [1.82, 2.24) is 10.9 Å². The van der Waals surface area contributed by atoms with Crippen LogP contribution in [0.15, 0.2) is 82.9 Å². The molecule has 0 saturated carbocycles. The predicted octanol–water partition coefficient (Wildman–Crippen LogP) is 4.41. The van der Waals surface area contributed by atoms with Crippen molar-refractivity contribution < 1.29 is 23.8 Å². The van der Waals surface area contributed by atoms with Crippen LogP contribution in [-0.2, 0) is 28.9 Å². The van der Waals surface area contributed by atoms with E-state index in [1.165, 1.54) is 12.1 Å². The predicted molar refractivity (Wildman–Crippen MR) is 153 cm³/mol. The summed E-state index contributed by atoms with van der Waals surface area (Å²) in [4.78, 5) is 21.5. The maximum Gasteiger partial charge on any atom is 0.266 e. The number of ether oxygens (including phenoxy) is 2. The zero-order valence-corrected chi connectivity index (χ0v) is 22.8. The molecule has 3 aromatic rings. The van der Waals surface area contributed by atoms with Gasteiger partial charge in [-0.2, -0.15) is 0 Å². The van der Waals surface area contributed by atoms with Crippen molar-refractivity contribution in [2.75, 3.05) is 19.8 Å². The number of carbonyl (C=O) groups is 1. The Labute approximate surface area is 237 Å². The molecule has 1 amide bonds. The van der Waals surface area contributed by atoms with E-state index in [1.54, 1.807) is 37.3 Å². The van der Waals surface area contributed by atoms with Crippen molar-refractivity contribution in [2.45, 2.75) is 44.4 Å². The number of azide groups is 1. The van der Waals surface area contributed by atoms with Crippen LogP contribution >= 0.6 is 0 Å². The van der Waals surface area contributed by atoms with Gasteiger partial charge in [-0.25, -0.2) is 14.8 Å². The van der Waals surface area contributed by atoms with Gasteiger partial charge in [0.15, 0.2) is 5.54 Å². The Kier molecular flexibility index (Phi) is 10.3. The second-order valence-electron chi connectivity index (χ2n) is 9.65. The summed E-state index contributed by atoms with van der Waals surface area (Å²) in [5.41, 5.74) is 16.3. The third-order valence-electron chi connectivity index (χ3n) is 6.84. The molecule has 3 N–H and O–H groups in total. The number of aliphatic hydroxyl groups excluding tert-OH is 1.